The molecule has 1 amide bonds. The van der Waals surface area contributed by atoms with Crippen molar-refractivity contribution in [1.82, 2.24) is 10.2 Å². The fourth-order valence-electron chi connectivity index (χ4n) is 3.51. The van der Waals surface area contributed by atoms with Crippen LogP contribution >= 0.6 is 0 Å². The van der Waals surface area contributed by atoms with E-state index < -0.39 is 10.0 Å². The van der Waals surface area contributed by atoms with Crippen molar-refractivity contribution < 1.29 is 13.2 Å². The molecule has 0 unspecified atom stereocenters. The number of nitrogens with one attached hydrogen (secondary N) is 2. The number of carbonyl (C=O) groups is 1. The van der Waals surface area contributed by atoms with Crippen LogP contribution in [0, 0.1) is 6.92 Å². The molecule has 3 rings (SSSR count). The molecule has 1 fully saturated rings. The smallest absolute Gasteiger partial charge is 0.261 e. The summed E-state index contributed by atoms with van der Waals surface area (Å²) in [5.74, 6) is -0.158. The zero-order chi connectivity index (χ0) is 20.9. The zero-order valence-corrected chi connectivity index (χ0v) is 17.8. The molecule has 0 radical (unpaired) electrons. The third kappa shape index (κ3) is 5.81. The van der Waals surface area contributed by atoms with E-state index in [4.69, 9.17) is 0 Å². The fraction of sp³-hybridized carbons (Fsp3) is 0.409. The number of likely N-dealkylation sites (tertiary alicyclic amines) is 1. The maximum Gasteiger partial charge on any atom is 0.261 e. The van der Waals surface area contributed by atoms with Crippen LogP contribution in [0.15, 0.2) is 53.4 Å². The highest BCUT2D eigenvalue weighted by molar-refractivity contribution is 7.92. The normalized spacial score (nSPS) is 15.8. The summed E-state index contributed by atoms with van der Waals surface area (Å²) < 4.78 is 27.7. The van der Waals surface area contributed by atoms with E-state index >= 15 is 0 Å². The molecule has 1 aliphatic heterocycles. The van der Waals surface area contributed by atoms with Crippen LogP contribution in [0.3, 0.4) is 0 Å². The van der Waals surface area contributed by atoms with Gasteiger partial charge in [0.05, 0.1) is 4.90 Å². The molecule has 1 heterocycles. The second-order valence-electron chi connectivity index (χ2n) is 7.59. The summed E-state index contributed by atoms with van der Waals surface area (Å²) in [6, 6.07) is 13.4. The average Bonchev–Trinajstić information content (AvgIpc) is 2.71. The van der Waals surface area contributed by atoms with Crippen molar-refractivity contribution in [1.29, 1.82) is 0 Å². The van der Waals surface area contributed by atoms with Gasteiger partial charge in [0.25, 0.3) is 15.9 Å². The van der Waals surface area contributed by atoms with Crippen LogP contribution in [0.4, 0.5) is 5.69 Å². The van der Waals surface area contributed by atoms with Gasteiger partial charge >= 0.3 is 0 Å². The van der Waals surface area contributed by atoms with Crippen molar-refractivity contribution in [3.8, 4) is 0 Å². The molecule has 0 spiro atoms. The molecular weight excluding hydrogens is 386 g/mol. The Hall–Kier alpha value is -2.38. The summed E-state index contributed by atoms with van der Waals surface area (Å²) in [7, 11) is -3.69. The first-order chi connectivity index (χ1) is 13.9. The maximum absolute atomic E-state index is 12.6. The number of piperidine rings is 1. The Balaban J connectivity index is 1.59. The van der Waals surface area contributed by atoms with Gasteiger partial charge in [-0.3, -0.25) is 9.52 Å². The largest absolute Gasteiger partial charge is 0.349 e. The molecule has 0 aliphatic carbocycles. The van der Waals surface area contributed by atoms with Crippen molar-refractivity contribution in [2.45, 2.75) is 44.0 Å². The molecule has 7 heteroatoms. The number of hydrogen-bond acceptors (Lipinski definition) is 4. The van der Waals surface area contributed by atoms with Crippen LogP contribution in [0.25, 0.3) is 0 Å². The van der Waals surface area contributed by atoms with Gasteiger partial charge in [0.1, 0.15) is 0 Å². The summed E-state index contributed by atoms with van der Waals surface area (Å²) in [5.41, 5.74) is 2.03. The first-order valence-corrected chi connectivity index (χ1v) is 11.6. The monoisotopic (exact) mass is 415 g/mol. The number of rotatable bonds is 7. The van der Waals surface area contributed by atoms with E-state index in [0.29, 0.717) is 11.3 Å². The molecule has 0 saturated carbocycles. The molecule has 2 N–H and O–H groups in total. The van der Waals surface area contributed by atoms with Gasteiger partial charge in [-0.1, -0.05) is 24.6 Å². The number of anilines is 1. The van der Waals surface area contributed by atoms with E-state index in [1.54, 1.807) is 24.3 Å². The Morgan fingerprint density at radius 2 is 1.66 bits per heavy atom. The molecule has 0 aromatic heterocycles. The van der Waals surface area contributed by atoms with Gasteiger partial charge in [-0.05, 0) is 69.1 Å². The van der Waals surface area contributed by atoms with Crippen molar-refractivity contribution in [2.75, 3.05) is 24.4 Å². The fourth-order valence-corrected chi connectivity index (χ4v) is 4.57. The van der Waals surface area contributed by atoms with Gasteiger partial charge in [-0.15, -0.1) is 0 Å². The number of sulfonamides is 1. The Morgan fingerprint density at radius 3 is 2.24 bits per heavy atom. The molecule has 1 saturated heterocycles. The van der Waals surface area contributed by atoms with Crippen LogP contribution in [0.2, 0.25) is 0 Å². The number of carbonyl (C=O) groups excluding carboxylic acids is 1. The van der Waals surface area contributed by atoms with E-state index in [9.17, 15) is 13.2 Å². The average molecular weight is 416 g/mol. The molecule has 156 valence electrons. The summed E-state index contributed by atoms with van der Waals surface area (Å²) in [6.07, 6.45) is 3.03. The van der Waals surface area contributed by atoms with Gasteiger partial charge in [-0.2, -0.15) is 0 Å². The van der Waals surface area contributed by atoms with Crippen LogP contribution < -0.4 is 10.0 Å². The van der Waals surface area contributed by atoms with Crippen molar-refractivity contribution in [2.24, 2.45) is 0 Å². The van der Waals surface area contributed by atoms with Crippen molar-refractivity contribution in [3.05, 3.63) is 59.7 Å². The molecule has 0 atom stereocenters. The van der Waals surface area contributed by atoms with E-state index in [0.717, 1.165) is 44.5 Å². The van der Waals surface area contributed by atoms with Crippen LogP contribution in [0.1, 0.15) is 42.1 Å². The maximum atomic E-state index is 12.6. The second-order valence-corrected chi connectivity index (χ2v) is 9.27. The van der Waals surface area contributed by atoms with Gasteiger partial charge in [0.2, 0.25) is 0 Å². The summed E-state index contributed by atoms with van der Waals surface area (Å²) in [5, 5.41) is 3.07. The lowest BCUT2D eigenvalue weighted by Gasteiger charge is -2.32. The van der Waals surface area contributed by atoms with E-state index in [2.05, 4.69) is 21.9 Å². The number of hydrogen-bond donors (Lipinski definition) is 2. The third-order valence-corrected chi connectivity index (χ3v) is 6.59. The van der Waals surface area contributed by atoms with E-state index in [1.165, 1.54) is 12.1 Å². The highest BCUT2D eigenvalue weighted by atomic mass is 32.2. The quantitative estimate of drug-likeness (QED) is 0.726. The minimum atomic E-state index is -3.69. The molecule has 29 heavy (non-hydrogen) atoms. The molecule has 6 nitrogen and oxygen atoms in total. The predicted octanol–water partition coefficient (Wildman–Crippen LogP) is 3.40. The number of nitrogens with zero attached hydrogens (tertiary/aromatic N) is 1. The van der Waals surface area contributed by atoms with Gasteiger partial charge in [-0.25, -0.2) is 8.42 Å². The highest BCUT2D eigenvalue weighted by Crippen LogP contribution is 2.18. The van der Waals surface area contributed by atoms with Crippen LogP contribution in [0.5, 0.6) is 0 Å². The summed E-state index contributed by atoms with van der Waals surface area (Å²) in [4.78, 5) is 15.1. The van der Waals surface area contributed by atoms with Gasteiger partial charge in [0, 0.05) is 30.4 Å². The minimum Gasteiger partial charge on any atom is -0.349 e. The number of aryl methyl sites for hydroxylation is 1. The Morgan fingerprint density at radius 1 is 1.03 bits per heavy atom. The zero-order valence-electron chi connectivity index (χ0n) is 17.0. The standard InChI is InChI=1S/C22H29N3O3S/c1-3-14-25-15-12-19(13-16-25)23-22(26)18-6-10-21(11-7-18)29(27,28)24-20-8-4-17(2)5-9-20/h4-11,19,24H,3,12-16H2,1-2H3,(H,23,26). The van der Waals surface area contributed by atoms with E-state index in [-0.39, 0.29) is 16.8 Å². The SMILES string of the molecule is CCCN1CCC(NC(=O)c2ccc(S(=O)(=O)Nc3ccc(C)cc3)cc2)CC1. The summed E-state index contributed by atoms with van der Waals surface area (Å²) >= 11 is 0. The number of amides is 1. The Kier molecular flexibility index (Phi) is 6.92. The molecule has 0 bridgehead atoms. The first kappa shape index (κ1) is 21.3. The molecule has 2 aromatic carbocycles. The lowest BCUT2D eigenvalue weighted by molar-refractivity contribution is 0.0911. The topological polar surface area (TPSA) is 78.5 Å². The molecule has 1 aliphatic rings. The Labute approximate surface area is 173 Å². The first-order valence-electron chi connectivity index (χ1n) is 10.1. The Bertz CT molecular complexity index is 917. The van der Waals surface area contributed by atoms with Crippen LogP contribution in [-0.4, -0.2) is 44.9 Å². The predicted molar refractivity (Wildman–Crippen MR) is 116 cm³/mol. The van der Waals surface area contributed by atoms with Gasteiger partial charge < -0.3 is 10.2 Å². The molecular formula is C22H29N3O3S. The molecule has 2 aromatic rings. The summed E-state index contributed by atoms with van der Waals surface area (Å²) in [6.45, 7) is 7.22. The lowest BCUT2D eigenvalue weighted by atomic mass is 10.0. The van der Waals surface area contributed by atoms with Crippen LogP contribution in [-0.2, 0) is 10.0 Å². The third-order valence-electron chi connectivity index (χ3n) is 5.19. The second kappa shape index (κ2) is 9.41. The van der Waals surface area contributed by atoms with E-state index in [1.807, 2.05) is 19.1 Å². The minimum absolute atomic E-state index is 0.127. The number of benzene rings is 2. The highest BCUT2D eigenvalue weighted by Gasteiger charge is 2.21. The van der Waals surface area contributed by atoms with Crippen molar-refractivity contribution in [3.63, 3.8) is 0 Å². The lowest BCUT2D eigenvalue weighted by Crippen LogP contribution is -2.44. The van der Waals surface area contributed by atoms with Gasteiger partial charge in [0.15, 0.2) is 0 Å². The van der Waals surface area contributed by atoms with Crippen molar-refractivity contribution >= 4 is 21.6 Å².